The summed E-state index contributed by atoms with van der Waals surface area (Å²) in [4.78, 5) is 0. The van der Waals surface area contributed by atoms with Gasteiger partial charge in [-0.25, -0.2) is 0 Å². The number of benzene rings is 1. The van der Waals surface area contributed by atoms with Crippen LogP contribution in [0.1, 0.15) is 12.0 Å². The molecule has 0 saturated heterocycles. The summed E-state index contributed by atoms with van der Waals surface area (Å²) in [6, 6.07) is 12.2. The van der Waals surface area contributed by atoms with Crippen LogP contribution in [-0.2, 0) is 6.42 Å². The maximum absolute atomic E-state index is 8.28. The van der Waals surface area contributed by atoms with Gasteiger partial charge in [0, 0.05) is 19.5 Å². The number of hydrogen-bond donors (Lipinski definition) is 3. The maximum Gasteiger partial charge on any atom is 0.0625 e. The van der Waals surface area contributed by atoms with E-state index in [1.807, 2.05) is 30.3 Å². The number of aryl methyl sites for hydroxylation is 1. The van der Waals surface area contributed by atoms with Gasteiger partial charge in [-0.05, 0) is 12.0 Å². The fraction of sp³-hybridized carbons (Fsp3) is 0.462. The van der Waals surface area contributed by atoms with Crippen molar-refractivity contribution in [3.8, 4) is 6.07 Å². The van der Waals surface area contributed by atoms with Crippen LogP contribution < -0.4 is 5.32 Å². The molecule has 4 heteroatoms. The van der Waals surface area contributed by atoms with Gasteiger partial charge < -0.3 is 15.5 Å². The van der Waals surface area contributed by atoms with Crippen molar-refractivity contribution in [1.29, 1.82) is 5.26 Å². The lowest BCUT2D eigenvalue weighted by molar-refractivity contribution is 0.267. The van der Waals surface area contributed by atoms with Crippen LogP contribution in [0.4, 0.5) is 0 Å². The van der Waals surface area contributed by atoms with Crippen LogP contribution in [0.3, 0.4) is 0 Å². The molecular weight excluding hydrogens is 216 g/mol. The zero-order chi connectivity index (χ0) is 12.8. The van der Waals surface area contributed by atoms with Crippen molar-refractivity contribution in [3.05, 3.63) is 35.9 Å². The summed E-state index contributed by atoms with van der Waals surface area (Å²) in [5, 5.41) is 27.4. The first-order chi connectivity index (χ1) is 8.35. The molecule has 0 spiro atoms. The van der Waals surface area contributed by atoms with Gasteiger partial charge in [0.1, 0.15) is 0 Å². The van der Waals surface area contributed by atoms with Gasteiger partial charge in [0.2, 0.25) is 0 Å². The Morgan fingerprint density at radius 2 is 1.65 bits per heavy atom. The predicted octanol–water partition coefficient (Wildman–Crippen LogP) is 0.703. The number of nitrogens with one attached hydrogen (secondary N) is 1. The van der Waals surface area contributed by atoms with E-state index in [1.165, 1.54) is 5.56 Å². The van der Waals surface area contributed by atoms with Crippen LogP contribution in [0, 0.1) is 11.3 Å². The first kappa shape index (κ1) is 15.6. The van der Waals surface area contributed by atoms with E-state index in [1.54, 1.807) is 0 Å². The Hall–Kier alpha value is -1.41. The summed E-state index contributed by atoms with van der Waals surface area (Å²) in [7, 11) is 0. The van der Waals surface area contributed by atoms with Crippen LogP contribution in [-0.4, -0.2) is 36.5 Å². The Morgan fingerprint density at radius 1 is 1.06 bits per heavy atom. The van der Waals surface area contributed by atoms with E-state index < -0.39 is 0 Å². The summed E-state index contributed by atoms with van der Waals surface area (Å²) in [5.41, 5.74) is 1.24. The van der Waals surface area contributed by atoms with Crippen molar-refractivity contribution < 1.29 is 10.2 Å². The van der Waals surface area contributed by atoms with E-state index in [2.05, 4.69) is 11.4 Å². The molecule has 0 aliphatic carbocycles. The number of nitrogens with zero attached hydrogens (tertiary/aromatic N) is 1. The zero-order valence-corrected chi connectivity index (χ0v) is 9.97. The minimum absolute atomic E-state index is 0.139. The fourth-order valence-electron chi connectivity index (χ4n) is 1.13. The molecule has 17 heavy (non-hydrogen) atoms. The summed E-state index contributed by atoms with van der Waals surface area (Å²) in [6.45, 7) is 1.42. The molecular formula is C13H20N2O2. The highest BCUT2D eigenvalue weighted by Crippen LogP contribution is 2.00. The highest BCUT2D eigenvalue weighted by Gasteiger charge is 1.87. The molecule has 0 heterocycles. The molecule has 1 aromatic carbocycles. The highest BCUT2D eigenvalue weighted by molar-refractivity contribution is 5.15. The molecule has 4 nitrogen and oxygen atoms in total. The quantitative estimate of drug-likeness (QED) is 0.636. The molecule has 3 N–H and O–H groups in total. The second-order valence-electron chi connectivity index (χ2n) is 3.34. The van der Waals surface area contributed by atoms with Crippen molar-refractivity contribution in [3.63, 3.8) is 0 Å². The third-order valence-corrected chi connectivity index (χ3v) is 1.95. The number of hydrogen-bond acceptors (Lipinski definition) is 4. The number of nitriles is 1. The topological polar surface area (TPSA) is 76.3 Å². The lowest BCUT2D eigenvalue weighted by Gasteiger charge is -1.94. The lowest BCUT2D eigenvalue weighted by Crippen LogP contribution is -2.21. The monoisotopic (exact) mass is 236 g/mol. The molecule has 0 aliphatic heterocycles. The third kappa shape index (κ3) is 10.9. The molecule has 0 bridgehead atoms. The minimum atomic E-state index is 0.139. The van der Waals surface area contributed by atoms with Crippen molar-refractivity contribution in [1.82, 2.24) is 5.32 Å². The van der Waals surface area contributed by atoms with Gasteiger partial charge >= 0.3 is 0 Å². The second-order valence-corrected chi connectivity index (χ2v) is 3.34. The van der Waals surface area contributed by atoms with Gasteiger partial charge in [-0.15, -0.1) is 0 Å². The van der Waals surface area contributed by atoms with E-state index in [4.69, 9.17) is 15.5 Å². The molecule has 94 valence electrons. The van der Waals surface area contributed by atoms with Crippen molar-refractivity contribution in [2.24, 2.45) is 0 Å². The Bertz CT molecular complexity index is 292. The average Bonchev–Trinajstić information content (AvgIpc) is 2.39. The third-order valence-electron chi connectivity index (χ3n) is 1.95. The SMILES string of the molecule is N#CCCc1ccccc1.OCCNCCO. The molecule has 1 rings (SSSR count). The Balaban J connectivity index is 0.000000325. The largest absolute Gasteiger partial charge is 0.395 e. The molecule has 0 radical (unpaired) electrons. The van der Waals surface area contributed by atoms with Crippen molar-refractivity contribution in [2.45, 2.75) is 12.8 Å². The van der Waals surface area contributed by atoms with Crippen LogP contribution in [0.25, 0.3) is 0 Å². The Kier molecular flexibility index (Phi) is 11.6. The van der Waals surface area contributed by atoms with E-state index in [0.717, 1.165) is 6.42 Å². The molecule has 0 amide bonds. The van der Waals surface area contributed by atoms with Crippen molar-refractivity contribution >= 4 is 0 Å². The molecule has 0 saturated carbocycles. The normalized spacial score (nSPS) is 9.00. The molecule has 0 aliphatic rings. The standard InChI is InChI=1S/C9H9N.C4H11NO2/c10-8-4-7-9-5-2-1-3-6-9;6-3-1-5-2-4-7/h1-3,5-6H,4,7H2;5-7H,1-4H2. The van der Waals surface area contributed by atoms with Gasteiger partial charge in [0.15, 0.2) is 0 Å². The maximum atomic E-state index is 8.28. The van der Waals surface area contributed by atoms with Gasteiger partial charge in [0.05, 0.1) is 19.3 Å². The summed E-state index contributed by atoms with van der Waals surface area (Å²) in [5.74, 6) is 0. The average molecular weight is 236 g/mol. The molecule has 0 fully saturated rings. The van der Waals surface area contributed by atoms with Gasteiger partial charge in [-0.1, -0.05) is 30.3 Å². The van der Waals surface area contributed by atoms with E-state index >= 15 is 0 Å². The molecule has 0 aromatic heterocycles. The fourth-order valence-corrected chi connectivity index (χ4v) is 1.13. The lowest BCUT2D eigenvalue weighted by atomic mass is 10.1. The second kappa shape index (κ2) is 12.7. The first-order valence-electron chi connectivity index (χ1n) is 5.68. The summed E-state index contributed by atoms with van der Waals surface area (Å²) < 4.78 is 0. The summed E-state index contributed by atoms with van der Waals surface area (Å²) in [6.07, 6.45) is 1.49. The summed E-state index contributed by atoms with van der Waals surface area (Å²) >= 11 is 0. The van der Waals surface area contributed by atoms with Crippen LogP contribution in [0.2, 0.25) is 0 Å². The van der Waals surface area contributed by atoms with E-state index in [9.17, 15) is 0 Å². The van der Waals surface area contributed by atoms with E-state index in [-0.39, 0.29) is 13.2 Å². The van der Waals surface area contributed by atoms with Gasteiger partial charge in [0.25, 0.3) is 0 Å². The Morgan fingerprint density at radius 3 is 2.12 bits per heavy atom. The number of aliphatic hydroxyl groups excluding tert-OH is 2. The molecule has 0 unspecified atom stereocenters. The first-order valence-corrected chi connectivity index (χ1v) is 5.68. The smallest absolute Gasteiger partial charge is 0.0625 e. The van der Waals surface area contributed by atoms with Crippen LogP contribution in [0.15, 0.2) is 30.3 Å². The van der Waals surface area contributed by atoms with Crippen molar-refractivity contribution in [2.75, 3.05) is 26.3 Å². The molecule has 0 atom stereocenters. The minimum Gasteiger partial charge on any atom is -0.395 e. The van der Waals surface area contributed by atoms with E-state index in [0.29, 0.717) is 19.5 Å². The predicted molar refractivity (Wildman–Crippen MR) is 67.4 cm³/mol. The number of rotatable bonds is 6. The van der Waals surface area contributed by atoms with Crippen LogP contribution >= 0.6 is 0 Å². The van der Waals surface area contributed by atoms with Gasteiger partial charge in [-0.3, -0.25) is 0 Å². The molecule has 1 aromatic rings. The zero-order valence-electron chi connectivity index (χ0n) is 9.97. The highest BCUT2D eigenvalue weighted by atomic mass is 16.3. The van der Waals surface area contributed by atoms with Gasteiger partial charge in [-0.2, -0.15) is 5.26 Å². The van der Waals surface area contributed by atoms with Crippen LogP contribution in [0.5, 0.6) is 0 Å². The Labute approximate surface area is 103 Å². The number of aliphatic hydroxyl groups is 2.